The second-order valence-electron chi connectivity index (χ2n) is 5.39. The molecule has 6 nitrogen and oxygen atoms in total. The summed E-state index contributed by atoms with van der Waals surface area (Å²) < 4.78 is 28.1. The number of rotatable bonds is 4. The van der Waals surface area contributed by atoms with Crippen molar-refractivity contribution >= 4 is 16.0 Å². The number of carboxylic acids is 1. The van der Waals surface area contributed by atoms with E-state index in [0.717, 1.165) is 0 Å². The molecule has 0 bridgehead atoms. The van der Waals surface area contributed by atoms with E-state index in [4.69, 9.17) is 0 Å². The Morgan fingerprint density at radius 3 is 2.70 bits per heavy atom. The molecule has 1 aliphatic rings. The van der Waals surface area contributed by atoms with Crippen LogP contribution in [0.1, 0.15) is 26.2 Å². The molecule has 0 aliphatic carbocycles. The topological polar surface area (TPSA) is 79.6 Å². The summed E-state index contributed by atoms with van der Waals surface area (Å²) in [6.45, 7) is 2.23. The first-order valence-electron chi connectivity index (χ1n) is 6.67. The van der Waals surface area contributed by atoms with Gasteiger partial charge in [0.15, 0.2) is 0 Å². The largest absolute Gasteiger partial charge is 0.481 e. The summed E-state index contributed by atoms with van der Waals surface area (Å²) in [6, 6.07) is 1.54. The first-order chi connectivity index (χ1) is 9.32. The van der Waals surface area contributed by atoms with E-state index in [2.05, 4.69) is 0 Å². The van der Waals surface area contributed by atoms with Crippen molar-refractivity contribution in [1.29, 1.82) is 0 Å². The molecule has 0 amide bonds. The smallest absolute Gasteiger partial charge is 0.310 e. The number of sulfonamides is 1. The lowest BCUT2D eigenvalue weighted by atomic mass is 9.78. The van der Waals surface area contributed by atoms with E-state index in [0.29, 0.717) is 25.8 Å². The molecule has 1 aromatic rings. The molecule has 1 saturated heterocycles. The third-order valence-electron chi connectivity index (χ3n) is 4.11. The molecular weight excluding hydrogens is 280 g/mol. The Morgan fingerprint density at radius 1 is 1.50 bits per heavy atom. The molecule has 1 unspecified atom stereocenters. The van der Waals surface area contributed by atoms with Gasteiger partial charge in [-0.05, 0) is 25.3 Å². The van der Waals surface area contributed by atoms with Gasteiger partial charge in [-0.25, -0.2) is 8.42 Å². The van der Waals surface area contributed by atoms with E-state index in [-0.39, 0.29) is 11.4 Å². The first-order valence-corrected chi connectivity index (χ1v) is 8.11. The lowest BCUT2D eigenvalue weighted by molar-refractivity contribution is -0.151. The second-order valence-corrected chi connectivity index (χ2v) is 7.33. The minimum absolute atomic E-state index is 0.0516. The van der Waals surface area contributed by atoms with Gasteiger partial charge in [0.2, 0.25) is 10.0 Å². The number of hydrogen-bond donors (Lipinski definition) is 1. The van der Waals surface area contributed by atoms with Gasteiger partial charge in [-0.2, -0.15) is 4.31 Å². The van der Waals surface area contributed by atoms with Crippen LogP contribution in [0.4, 0.5) is 0 Å². The van der Waals surface area contributed by atoms with E-state index in [9.17, 15) is 18.3 Å². The zero-order valence-corrected chi connectivity index (χ0v) is 12.6. The van der Waals surface area contributed by atoms with Crippen molar-refractivity contribution in [3.63, 3.8) is 0 Å². The molecule has 2 heterocycles. The Hall–Kier alpha value is -1.34. The maximum absolute atomic E-state index is 12.5. The molecule has 0 radical (unpaired) electrons. The Balaban J connectivity index is 2.31. The summed E-state index contributed by atoms with van der Waals surface area (Å²) >= 11 is 0. The van der Waals surface area contributed by atoms with Crippen LogP contribution in [0.3, 0.4) is 0 Å². The van der Waals surface area contributed by atoms with Crippen molar-refractivity contribution in [1.82, 2.24) is 8.87 Å². The van der Waals surface area contributed by atoms with E-state index < -0.39 is 21.4 Å². The van der Waals surface area contributed by atoms with E-state index in [1.807, 2.05) is 0 Å². The number of piperidine rings is 1. The van der Waals surface area contributed by atoms with Crippen LogP contribution in [0.5, 0.6) is 0 Å². The predicted octanol–water partition coefficient (Wildman–Crippen LogP) is 1.29. The highest BCUT2D eigenvalue weighted by Gasteiger charge is 2.44. The highest BCUT2D eigenvalue weighted by Crippen LogP contribution is 2.36. The Morgan fingerprint density at radius 2 is 2.20 bits per heavy atom. The highest BCUT2D eigenvalue weighted by atomic mass is 32.2. The van der Waals surface area contributed by atoms with Crippen LogP contribution in [0.25, 0.3) is 0 Å². The lowest BCUT2D eigenvalue weighted by Gasteiger charge is -2.38. The van der Waals surface area contributed by atoms with Crippen LogP contribution in [-0.2, 0) is 21.9 Å². The van der Waals surface area contributed by atoms with Crippen molar-refractivity contribution in [3.05, 3.63) is 18.5 Å². The number of aliphatic carboxylic acids is 1. The quantitative estimate of drug-likeness (QED) is 0.908. The fourth-order valence-electron chi connectivity index (χ4n) is 2.69. The average molecular weight is 300 g/mol. The van der Waals surface area contributed by atoms with Gasteiger partial charge in [0, 0.05) is 32.5 Å². The van der Waals surface area contributed by atoms with Crippen molar-refractivity contribution in [2.45, 2.75) is 31.1 Å². The number of hydrogen-bond acceptors (Lipinski definition) is 3. The van der Waals surface area contributed by atoms with E-state index >= 15 is 0 Å². The van der Waals surface area contributed by atoms with Crippen molar-refractivity contribution < 1.29 is 18.3 Å². The van der Waals surface area contributed by atoms with Gasteiger partial charge < -0.3 is 9.67 Å². The van der Waals surface area contributed by atoms with Crippen molar-refractivity contribution in [3.8, 4) is 0 Å². The SMILES string of the molecule is CCC1(C(=O)O)CCCN(S(=O)(=O)c2ccn(C)c2)C1. The van der Waals surface area contributed by atoms with Crippen LogP contribution >= 0.6 is 0 Å². The number of nitrogens with zero attached hydrogens (tertiary/aromatic N) is 2. The number of carboxylic acid groups (broad SMARTS) is 1. The standard InChI is InChI=1S/C13H20N2O4S/c1-3-13(12(16)17)6-4-7-15(10-13)20(18,19)11-5-8-14(2)9-11/h5,8-9H,3-4,6-7,10H2,1-2H3,(H,16,17). The van der Waals surface area contributed by atoms with Crippen molar-refractivity contribution in [2.75, 3.05) is 13.1 Å². The lowest BCUT2D eigenvalue weighted by Crippen LogP contribution is -2.49. The molecule has 1 fully saturated rings. The number of aromatic nitrogens is 1. The summed E-state index contributed by atoms with van der Waals surface area (Å²) in [5, 5.41) is 9.42. The zero-order valence-electron chi connectivity index (χ0n) is 11.7. The number of carbonyl (C=O) groups is 1. The van der Waals surface area contributed by atoms with E-state index in [1.54, 1.807) is 37.0 Å². The summed E-state index contributed by atoms with van der Waals surface area (Å²) in [5.74, 6) is -0.909. The third kappa shape index (κ3) is 2.47. The monoisotopic (exact) mass is 300 g/mol. The Bertz CT molecular complexity index is 608. The molecular formula is C13H20N2O4S. The van der Waals surface area contributed by atoms with Gasteiger partial charge >= 0.3 is 5.97 Å². The molecule has 20 heavy (non-hydrogen) atoms. The zero-order chi connectivity index (χ0) is 15.0. The molecule has 0 aromatic carbocycles. The summed E-state index contributed by atoms with van der Waals surface area (Å²) in [4.78, 5) is 11.7. The minimum Gasteiger partial charge on any atom is -0.481 e. The van der Waals surface area contributed by atoms with Gasteiger partial charge in [0.25, 0.3) is 0 Å². The van der Waals surface area contributed by atoms with Crippen molar-refractivity contribution in [2.24, 2.45) is 12.5 Å². The molecule has 1 aliphatic heterocycles. The fraction of sp³-hybridized carbons (Fsp3) is 0.615. The summed E-state index contributed by atoms with van der Waals surface area (Å²) in [6.07, 6.45) is 4.74. The molecule has 2 rings (SSSR count). The average Bonchev–Trinajstić information content (AvgIpc) is 2.86. The molecule has 0 spiro atoms. The second kappa shape index (κ2) is 5.21. The van der Waals surface area contributed by atoms with Gasteiger partial charge in [0.05, 0.1) is 10.3 Å². The van der Waals surface area contributed by atoms with Crippen LogP contribution < -0.4 is 0 Å². The molecule has 7 heteroatoms. The minimum atomic E-state index is -3.61. The van der Waals surface area contributed by atoms with Gasteiger partial charge in [-0.15, -0.1) is 0 Å². The van der Waals surface area contributed by atoms with Crippen LogP contribution in [0, 0.1) is 5.41 Å². The summed E-state index contributed by atoms with van der Waals surface area (Å²) in [5.41, 5.74) is -0.958. The van der Waals surface area contributed by atoms with Crippen LogP contribution in [0.2, 0.25) is 0 Å². The predicted molar refractivity (Wildman–Crippen MR) is 73.8 cm³/mol. The fourth-order valence-corrected chi connectivity index (χ4v) is 4.31. The molecule has 1 atom stereocenters. The van der Waals surface area contributed by atoms with Crippen LogP contribution in [0.15, 0.2) is 23.4 Å². The van der Waals surface area contributed by atoms with Crippen LogP contribution in [-0.4, -0.2) is 41.5 Å². The Labute approximate surface area is 119 Å². The molecule has 1 aromatic heterocycles. The molecule has 1 N–H and O–H groups in total. The maximum Gasteiger partial charge on any atom is 0.310 e. The Kier molecular flexibility index (Phi) is 3.93. The van der Waals surface area contributed by atoms with Gasteiger partial charge in [0.1, 0.15) is 0 Å². The molecule has 0 saturated carbocycles. The first kappa shape index (κ1) is 15.1. The third-order valence-corrected chi connectivity index (χ3v) is 5.94. The summed E-state index contributed by atoms with van der Waals surface area (Å²) in [7, 11) is -1.85. The normalized spacial score (nSPS) is 24.7. The maximum atomic E-state index is 12.5. The van der Waals surface area contributed by atoms with Gasteiger partial charge in [-0.3, -0.25) is 4.79 Å². The molecule has 112 valence electrons. The van der Waals surface area contributed by atoms with E-state index in [1.165, 1.54) is 4.31 Å². The highest BCUT2D eigenvalue weighted by molar-refractivity contribution is 7.89. The van der Waals surface area contributed by atoms with Gasteiger partial charge in [-0.1, -0.05) is 6.92 Å². The number of aryl methyl sites for hydroxylation is 1.